The van der Waals surface area contributed by atoms with E-state index in [-0.39, 0.29) is 0 Å². The summed E-state index contributed by atoms with van der Waals surface area (Å²) in [4.78, 5) is 11.2. The molecule has 0 aromatic carbocycles. The summed E-state index contributed by atoms with van der Waals surface area (Å²) in [5, 5.41) is 70.7. The normalized spacial score (nSPS) is 46.8. The Morgan fingerprint density at radius 2 is 1.54 bits per heavy atom. The molecule has 2 rings (SSSR count). The molecule has 0 saturated carbocycles. The second kappa shape index (κ2) is 8.84. The first-order chi connectivity index (χ1) is 12.2. The lowest BCUT2D eigenvalue weighted by molar-refractivity contribution is -0.345. The minimum absolute atomic E-state index is 0.564. The first-order valence-corrected chi connectivity index (χ1v) is 8.06. The monoisotopic (exact) mass is 383 g/mol. The molecular formula is C14H25NO11. The average molecular weight is 383 g/mol. The maximum atomic E-state index is 11.2. The van der Waals surface area contributed by atoms with Crippen LogP contribution in [0, 0.1) is 0 Å². The minimum Gasteiger partial charge on any atom is -0.394 e. The maximum absolute atomic E-state index is 11.2. The number of ether oxygens (including phenoxy) is 3. The zero-order chi connectivity index (χ0) is 19.6. The molecule has 0 radical (unpaired) electrons. The second-order valence-corrected chi connectivity index (χ2v) is 6.26. The van der Waals surface area contributed by atoms with Crippen molar-refractivity contribution in [3.63, 3.8) is 0 Å². The van der Waals surface area contributed by atoms with Crippen molar-refractivity contribution in [2.24, 2.45) is 0 Å². The third-order valence-electron chi connectivity index (χ3n) is 4.38. The Kier molecular flexibility index (Phi) is 7.27. The van der Waals surface area contributed by atoms with Gasteiger partial charge in [-0.2, -0.15) is 0 Å². The molecule has 5 unspecified atom stereocenters. The van der Waals surface area contributed by atoms with E-state index in [0.717, 1.165) is 6.92 Å². The predicted octanol–water partition coefficient (Wildman–Crippen LogP) is -5.25. The van der Waals surface area contributed by atoms with Crippen molar-refractivity contribution >= 4 is 5.91 Å². The number of nitrogens with one attached hydrogen (secondary N) is 1. The summed E-state index contributed by atoms with van der Waals surface area (Å²) in [7, 11) is 0. The van der Waals surface area contributed by atoms with Gasteiger partial charge >= 0.3 is 0 Å². The summed E-state index contributed by atoms with van der Waals surface area (Å²) in [6.45, 7) is -0.195. The summed E-state index contributed by atoms with van der Waals surface area (Å²) in [6, 6.07) is -1.29. The molecule has 152 valence electrons. The van der Waals surface area contributed by atoms with Gasteiger partial charge < -0.3 is 55.3 Å². The summed E-state index contributed by atoms with van der Waals surface area (Å²) in [5.74, 6) is -0.564. The number of carbonyl (C=O) groups excluding carboxylic acids is 1. The fraction of sp³-hybridized carbons (Fsp3) is 0.929. The highest BCUT2D eigenvalue weighted by molar-refractivity contribution is 5.73. The van der Waals surface area contributed by atoms with Crippen molar-refractivity contribution in [2.75, 3.05) is 13.2 Å². The van der Waals surface area contributed by atoms with Crippen LogP contribution in [-0.4, -0.2) is 116 Å². The molecule has 0 aromatic heterocycles. The van der Waals surface area contributed by atoms with Gasteiger partial charge in [0.2, 0.25) is 5.91 Å². The average Bonchev–Trinajstić information content (AvgIpc) is 2.60. The Bertz CT molecular complexity index is 478. The molecule has 2 fully saturated rings. The largest absolute Gasteiger partial charge is 0.394 e. The van der Waals surface area contributed by atoms with E-state index >= 15 is 0 Å². The SMILES string of the molecule is CC(=O)NC1C(O)OC(CO)[C@H](O[C@@H]2OC(CO)[C@H](O)[C@H](O)C2O)[C@@H]1O. The summed E-state index contributed by atoms with van der Waals surface area (Å²) >= 11 is 0. The van der Waals surface area contributed by atoms with E-state index in [0.29, 0.717) is 0 Å². The highest BCUT2D eigenvalue weighted by Crippen LogP contribution is 2.28. The topological polar surface area (TPSA) is 198 Å². The van der Waals surface area contributed by atoms with E-state index in [9.17, 15) is 40.5 Å². The molecule has 2 saturated heterocycles. The lowest BCUT2D eigenvalue weighted by atomic mass is 9.95. The van der Waals surface area contributed by atoms with Crippen LogP contribution in [-0.2, 0) is 19.0 Å². The fourth-order valence-electron chi connectivity index (χ4n) is 2.98. The molecule has 8 N–H and O–H groups in total. The van der Waals surface area contributed by atoms with Crippen LogP contribution in [0.4, 0.5) is 0 Å². The molecule has 26 heavy (non-hydrogen) atoms. The highest BCUT2D eigenvalue weighted by atomic mass is 16.7. The van der Waals surface area contributed by atoms with E-state index in [1.54, 1.807) is 0 Å². The van der Waals surface area contributed by atoms with Gasteiger partial charge in [0, 0.05) is 6.92 Å². The smallest absolute Gasteiger partial charge is 0.217 e. The molecule has 0 spiro atoms. The second-order valence-electron chi connectivity index (χ2n) is 6.26. The Labute approximate surface area is 148 Å². The third kappa shape index (κ3) is 4.31. The molecule has 1 amide bonds. The summed E-state index contributed by atoms with van der Waals surface area (Å²) < 4.78 is 15.7. The van der Waals surface area contributed by atoms with Gasteiger partial charge in [0.25, 0.3) is 0 Å². The highest BCUT2D eigenvalue weighted by Gasteiger charge is 2.50. The van der Waals surface area contributed by atoms with Gasteiger partial charge in [0.15, 0.2) is 12.6 Å². The quantitative estimate of drug-likeness (QED) is 0.226. The molecule has 2 aliphatic rings. The van der Waals surface area contributed by atoms with Gasteiger partial charge in [-0.15, -0.1) is 0 Å². The molecule has 12 nitrogen and oxygen atoms in total. The molecular weight excluding hydrogens is 358 g/mol. The predicted molar refractivity (Wildman–Crippen MR) is 80.2 cm³/mol. The Morgan fingerprint density at radius 1 is 0.923 bits per heavy atom. The maximum Gasteiger partial charge on any atom is 0.217 e. The van der Waals surface area contributed by atoms with Crippen LogP contribution in [0.15, 0.2) is 0 Å². The standard InChI is InChI=1S/C14H25NO11/c1-4(18)15-7-9(20)12(6(3-17)24-13(7)23)26-14-11(22)10(21)8(19)5(2-16)25-14/h5-14,16-17,19-23H,2-3H2,1H3,(H,15,18)/t5?,6?,7?,8-,9+,10-,11?,12-,13?,14-/m0/s1. The molecule has 0 aromatic rings. The van der Waals surface area contributed by atoms with Gasteiger partial charge in [-0.1, -0.05) is 0 Å². The van der Waals surface area contributed by atoms with Crippen LogP contribution in [0.25, 0.3) is 0 Å². The van der Waals surface area contributed by atoms with Crippen LogP contribution < -0.4 is 5.32 Å². The van der Waals surface area contributed by atoms with E-state index < -0.39 is 80.5 Å². The number of amides is 1. The minimum atomic E-state index is -1.73. The van der Waals surface area contributed by atoms with Crippen molar-refractivity contribution in [3.8, 4) is 0 Å². The zero-order valence-electron chi connectivity index (χ0n) is 14.0. The van der Waals surface area contributed by atoms with E-state index in [1.807, 2.05) is 0 Å². The van der Waals surface area contributed by atoms with Gasteiger partial charge in [-0.25, -0.2) is 0 Å². The van der Waals surface area contributed by atoms with E-state index in [1.165, 1.54) is 0 Å². The Balaban J connectivity index is 2.16. The van der Waals surface area contributed by atoms with Crippen LogP contribution >= 0.6 is 0 Å². The summed E-state index contributed by atoms with van der Waals surface area (Å²) in [6.07, 6.45) is -13.6. The number of hydrogen-bond acceptors (Lipinski definition) is 11. The first kappa shape index (κ1) is 21.4. The number of hydrogen-bond donors (Lipinski definition) is 8. The van der Waals surface area contributed by atoms with Crippen molar-refractivity contribution in [1.82, 2.24) is 5.32 Å². The zero-order valence-corrected chi connectivity index (χ0v) is 14.0. The number of carbonyl (C=O) groups is 1. The van der Waals surface area contributed by atoms with Crippen molar-refractivity contribution in [1.29, 1.82) is 0 Å². The molecule has 0 bridgehead atoms. The molecule has 2 heterocycles. The lowest BCUT2D eigenvalue weighted by Gasteiger charge is -2.46. The van der Waals surface area contributed by atoms with Gasteiger partial charge in [0.1, 0.15) is 48.8 Å². The van der Waals surface area contributed by atoms with Gasteiger partial charge in [0.05, 0.1) is 13.2 Å². The van der Waals surface area contributed by atoms with Crippen LogP contribution in [0.5, 0.6) is 0 Å². The summed E-state index contributed by atoms with van der Waals surface area (Å²) in [5.41, 5.74) is 0. The lowest BCUT2D eigenvalue weighted by Crippen LogP contribution is -2.67. The Morgan fingerprint density at radius 3 is 2.08 bits per heavy atom. The third-order valence-corrected chi connectivity index (χ3v) is 4.38. The fourth-order valence-corrected chi connectivity index (χ4v) is 2.98. The number of aliphatic hydroxyl groups is 7. The molecule has 10 atom stereocenters. The van der Waals surface area contributed by atoms with Gasteiger partial charge in [-0.3, -0.25) is 4.79 Å². The van der Waals surface area contributed by atoms with Crippen molar-refractivity contribution < 1.29 is 54.8 Å². The van der Waals surface area contributed by atoms with Gasteiger partial charge in [-0.05, 0) is 0 Å². The van der Waals surface area contributed by atoms with Crippen molar-refractivity contribution in [2.45, 2.75) is 68.3 Å². The van der Waals surface area contributed by atoms with E-state index in [2.05, 4.69) is 5.32 Å². The number of rotatable bonds is 5. The van der Waals surface area contributed by atoms with E-state index in [4.69, 9.17) is 14.2 Å². The van der Waals surface area contributed by atoms with Crippen molar-refractivity contribution in [3.05, 3.63) is 0 Å². The van der Waals surface area contributed by atoms with Crippen LogP contribution in [0.2, 0.25) is 0 Å². The van der Waals surface area contributed by atoms with Crippen LogP contribution in [0.3, 0.4) is 0 Å². The first-order valence-electron chi connectivity index (χ1n) is 8.06. The Hall–Kier alpha value is -0.930. The molecule has 0 aliphatic carbocycles. The number of aliphatic hydroxyl groups excluding tert-OH is 7. The van der Waals surface area contributed by atoms with Crippen LogP contribution in [0.1, 0.15) is 6.92 Å². The molecule has 12 heteroatoms. The molecule has 2 aliphatic heterocycles.